The molecule has 2 rings (SSSR count). The van der Waals surface area contributed by atoms with Crippen LogP contribution >= 0.6 is 0 Å². The van der Waals surface area contributed by atoms with Crippen LogP contribution in [0.4, 0.5) is 4.39 Å². The van der Waals surface area contributed by atoms with Gasteiger partial charge in [-0.1, -0.05) is 0 Å². The Labute approximate surface area is 90.8 Å². The topological polar surface area (TPSA) is 63.1 Å². The van der Waals surface area contributed by atoms with Crippen LogP contribution in [-0.4, -0.2) is 21.0 Å². The van der Waals surface area contributed by atoms with Gasteiger partial charge < -0.3 is 5.11 Å². The Bertz CT molecular complexity index is 557. The average Bonchev–Trinajstić information content (AvgIpc) is 2.26. The molecule has 0 saturated heterocycles. The van der Waals surface area contributed by atoms with Crippen LogP contribution in [0.2, 0.25) is 0 Å². The van der Waals surface area contributed by atoms with Gasteiger partial charge in [0, 0.05) is 11.5 Å². The number of carboxylic acids is 1. The summed E-state index contributed by atoms with van der Waals surface area (Å²) in [5.74, 6) is -2.11. The van der Waals surface area contributed by atoms with Gasteiger partial charge in [-0.2, -0.15) is 0 Å². The Kier molecular flexibility index (Phi) is 2.52. The van der Waals surface area contributed by atoms with E-state index in [4.69, 9.17) is 5.11 Å². The maximum absolute atomic E-state index is 13.0. The minimum atomic E-state index is -0.968. The fourth-order valence-corrected chi connectivity index (χ4v) is 1.51. The van der Waals surface area contributed by atoms with Crippen molar-refractivity contribution >= 4 is 16.9 Å². The van der Waals surface area contributed by atoms with E-state index < -0.39 is 17.7 Å². The number of hydrogen-bond acceptors (Lipinski definition) is 3. The molecular formula is C11H9FN2O2. The summed E-state index contributed by atoms with van der Waals surface area (Å²) in [6.07, 6.45) is 1.25. The summed E-state index contributed by atoms with van der Waals surface area (Å²) in [4.78, 5) is 18.7. The monoisotopic (exact) mass is 220 g/mol. The summed E-state index contributed by atoms with van der Waals surface area (Å²) in [5, 5.41) is 9.48. The minimum Gasteiger partial charge on any atom is -0.481 e. The Morgan fingerprint density at radius 2 is 2.19 bits per heavy atom. The van der Waals surface area contributed by atoms with E-state index in [0.29, 0.717) is 16.6 Å². The van der Waals surface area contributed by atoms with Crippen molar-refractivity contribution in [1.29, 1.82) is 0 Å². The van der Waals surface area contributed by atoms with Crippen molar-refractivity contribution in [3.63, 3.8) is 0 Å². The van der Waals surface area contributed by atoms with Crippen LogP contribution in [-0.2, 0) is 4.79 Å². The van der Waals surface area contributed by atoms with E-state index >= 15 is 0 Å². The van der Waals surface area contributed by atoms with Crippen molar-refractivity contribution in [3.05, 3.63) is 36.0 Å². The van der Waals surface area contributed by atoms with Crippen LogP contribution in [0.1, 0.15) is 18.5 Å². The first-order valence-electron chi connectivity index (χ1n) is 4.72. The van der Waals surface area contributed by atoms with Crippen molar-refractivity contribution in [2.24, 2.45) is 0 Å². The summed E-state index contributed by atoms with van der Waals surface area (Å²) < 4.78 is 13.0. The first-order valence-corrected chi connectivity index (χ1v) is 4.72. The molecule has 0 spiro atoms. The smallest absolute Gasteiger partial charge is 0.312 e. The second-order valence-corrected chi connectivity index (χ2v) is 3.48. The Hall–Kier alpha value is -2.04. The summed E-state index contributed by atoms with van der Waals surface area (Å²) >= 11 is 0. The molecule has 82 valence electrons. The molecule has 16 heavy (non-hydrogen) atoms. The van der Waals surface area contributed by atoms with Crippen LogP contribution in [0.25, 0.3) is 10.9 Å². The number of aromatic nitrogens is 2. The number of rotatable bonds is 2. The van der Waals surface area contributed by atoms with Crippen LogP contribution in [0.15, 0.2) is 24.5 Å². The van der Waals surface area contributed by atoms with E-state index in [1.54, 1.807) is 0 Å². The zero-order valence-corrected chi connectivity index (χ0v) is 8.51. The number of aliphatic carboxylic acids is 1. The molecule has 0 aliphatic carbocycles. The Morgan fingerprint density at radius 3 is 2.88 bits per heavy atom. The van der Waals surface area contributed by atoms with E-state index in [1.807, 2.05) is 0 Å². The van der Waals surface area contributed by atoms with Gasteiger partial charge in [0.05, 0.1) is 17.1 Å². The van der Waals surface area contributed by atoms with Gasteiger partial charge in [-0.25, -0.2) is 14.4 Å². The third kappa shape index (κ3) is 1.71. The standard InChI is InChI=1S/C11H9FN2O2/c1-6(11(15)16)10-8-3-2-7(12)4-9(8)13-5-14-10/h2-6H,1H3,(H,15,16). The van der Waals surface area contributed by atoms with Gasteiger partial charge in [-0.05, 0) is 19.1 Å². The molecule has 1 aromatic carbocycles. The van der Waals surface area contributed by atoms with E-state index in [-0.39, 0.29) is 0 Å². The molecule has 0 aliphatic heterocycles. The van der Waals surface area contributed by atoms with Crippen LogP contribution in [0.5, 0.6) is 0 Å². The quantitative estimate of drug-likeness (QED) is 0.840. The molecule has 0 aliphatic rings. The minimum absolute atomic E-state index is 0.400. The van der Waals surface area contributed by atoms with E-state index in [1.165, 1.54) is 31.5 Å². The second kappa shape index (κ2) is 3.84. The Morgan fingerprint density at radius 1 is 1.44 bits per heavy atom. The van der Waals surface area contributed by atoms with Crippen molar-refractivity contribution in [2.45, 2.75) is 12.8 Å². The molecule has 0 amide bonds. The third-order valence-electron chi connectivity index (χ3n) is 2.41. The lowest BCUT2D eigenvalue weighted by molar-refractivity contribution is -0.138. The Balaban J connectivity index is 2.66. The first kappa shape index (κ1) is 10.5. The number of halogens is 1. The van der Waals surface area contributed by atoms with Crippen molar-refractivity contribution < 1.29 is 14.3 Å². The third-order valence-corrected chi connectivity index (χ3v) is 2.41. The van der Waals surface area contributed by atoms with E-state index in [2.05, 4.69) is 9.97 Å². The zero-order valence-electron chi connectivity index (χ0n) is 8.51. The van der Waals surface area contributed by atoms with Crippen LogP contribution < -0.4 is 0 Å². The molecule has 1 heterocycles. The highest BCUT2D eigenvalue weighted by Crippen LogP contribution is 2.22. The van der Waals surface area contributed by atoms with Gasteiger partial charge in [-0.3, -0.25) is 4.79 Å². The number of hydrogen-bond donors (Lipinski definition) is 1. The lowest BCUT2D eigenvalue weighted by Gasteiger charge is -2.08. The van der Waals surface area contributed by atoms with Crippen LogP contribution in [0, 0.1) is 5.82 Å². The summed E-state index contributed by atoms with van der Waals surface area (Å²) in [7, 11) is 0. The highest BCUT2D eigenvalue weighted by atomic mass is 19.1. The molecule has 1 unspecified atom stereocenters. The largest absolute Gasteiger partial charge is 0.481 e. The molecule has 4 nitrogen and oxygen atoms in total. The lowest BCUT2D eigenvalue weighted by Crippen LogP contribution is -2.10. The number of fused-ring (bicyclic) bond motifs is 1. The van der Waals surface area contributed by atoms with Gasteiger partial charge in [-0.15, -0.1) is 0 Å². The number of carbonyl (C=O) groups is 1. The molecule has 1 atom stereocenters. The van der Waals surface area contributed by atoms with Crippen molar-refractivity contribution in [3.8, 4) is 0 Å². The summed E-state index contributed by atoms with van der Waals surface area (Å²) in [6, 6.07) is 4.03. The number of carboxylic acid groups (broad SMARTS) is 1. The van der Waals surface area contributed by atoms with Gasteiger partial charge in [0.1, 0.15) is 12.1 Å². The molecule has 0 bridgehead atoms. The predicted octanol–water partition coefficient (Wildman–Crippen LogP) is 1.96. The fraction of sp³-hybridized carbons (Fsp3) is 0.182. The molecule has 1 N–H and O–H groups in total. The van der Waals surface area contributed by atoms with Crippen molar-refractivity contribution in [1.82, 2.24) is 9.97 Å². The van der Waals surface area contributed by atoms with E-state index in [0.717, 1.165) is 0 Å². The predicted molar refractivity (Wildman–Crippen MR) is 55.5 cm³/mol. The normalized spacial score (nSPS) is 12.6. The molecule has 0 radical (unpaired) electrons. The van der Waals surface area contributed by atoms with Gasteiger partial charge in [0.15, 0.2) is 0 Å². The highest BCUT2D eigenvalue weighted by Gasteiger charge is 2.18. The molecule has 0 saturated carbocycles. The average molecular weight is 220 g/mol. The van der Waals surface area contributed by atoms with Gasteiger partial charge in [0.2, 0.25) is 0 Å². The van der Waals surface area contributed by atoms with Crippen molar-refractivity contribution in [2.75, 3.05) is 0 Å². The number of benzene rings is 1. The molecule has 5 heteroatoms. The molecule has 2 aromatic rings. The summed E-state index contributed by atoms with van der Waals surface area (Å²) in [5.41, 5.74) is 0.815. The zero-order chi connectivity index (χ0) is 11.7. The van der Waals surface area contributed by atoms with Gasteiger partial charge >= 0.3 is 5.97 Å². The fourth-order valence-electron chi connectivity index (χ4n) is 1.51. The maximum Gasteiger partial charge on any atom is 0.312 e. The molecule has 1 aromatic heterocycles. The second-order valence-electron chi connectivity index (χ2n) is 3.48. The highest BCUT2D eigenvalue weighted by molar-refractivity contribution is 5.86. The lowest BCUT2D eigenvalue weighted by atomic mass is 10.0. The first-order chi connectivity index (χ1) is 7.59. The summed E-state index contributed by atoms with van der Waals surface area (Å²) in [6.45, 7) is 1.54. The van der Waals surface area contributed by atoms with E-state index in [9.17, 15) is 9.18 Å². The molecule has 0 fully saturated rings. The number of nitrogens with zero attached hydrogens (tertiary/aromatic N) is 2. The van der Waals surface area contributed by atoms with Gasteiger partial charge in [0.25, 0.3) is 0 Å². The maximum atomic E-state index is 13.0. The van der Waals surface area contributed by atoms with Crippen LogP contribution in [0.3, 0.4) is 0 Å². The SMILES string of the molecule is CC(C(=O)O)c1ncnc2cc(F)ccc12. The molecular weight excluding hydrogens is 211 g/mol.